The number of rotatable bonds is 8. The van der Waals surface area contributed by atoms with E-state index in [-0.39, 0.29) is 36.8 Å². The molecule has 0 bridgehead atoms. The van der Waals surface area contributed by atoms with E-state index in [9.17, 15) is 19.5 Å². The van der Waals surface area contributed by atoms with Crippen LogP contribution >= 0.6 is 0 Å². The van der Waals surface area contributed by atoms with Crippen molar-refractivity contribution in [1.29, 1.82) is 0 Å². The van der Waals surface area contributed by atoms with Gasteiger partial charge in [0.1, 0.15) is 6.61 Å². The van der Waals surface area contributed by atoms with Crippen LogP contribution in [0.25, 0.3) is 11.1 Å². The van der Waals surface area contributed by atoms with E-state index < -0.39 is 24.2 Å². The van der Waals surface area contributed by atoms with Crippen molar-refractivity contribution in [3.05, 3.63) is 59.7 Å². The Bertz CT molecular complexity index is 1050. The molecular weight excluding hydrogens is 436 g/mol. The van der Waals surface area contributed by atoms with Gasteiger partial charge >= 0.3 is 12.1 Å². The summed E-state index contributed by atoms with van der Waals surface area (Å²) >= 11 is 0. The van der Waals surface area contributed by atoms with Crippen LogP contribution in [-0.4, -0.2) is 54.5 Å². The number of aliphatic carboxylic acids is 1. The number of carboxylic acids is 1. The summed E-state index contributed by atoms with van der Waals surface area (Å²) in [5, 5.41) is 14.8. The molecule has 8 nitrogen and oxygen atoms in total. The highest BCUT2D eigenvalue weighted by Crippen LogP contribution is 2.44. The lowest BCUT2D eigenvalue weighted by Gasteiger charge is -2.21. The average molecular weight is 465 g/mol. The maximum absolute atomic E-state index is 12.7. The quantitative estimate of drug-likeness (QED) is 0.553. The van der Waals surface area contributed by atoms with Crippen molar-refractivity contribution in [2.24, 2.45) is 5.92 Å². The van der Waals surface area contributed by atoms with E-state index in [1.165, 1.54) is 0 Å². The third-order valence-corrected chi connectivity index (χ3v) is 6.92. The minimum Gasteiger partial charge on any atom is -0.479 e. The predicted octanol–water partition coefficient (Wildman–Crippen LogP) is 3.05. The molecule has 34 heavy (non-hydrogen) atoms. The van der Waals surface area contributed by atoms with Gasteiger partial charge in [0.15, 0.2) is 6.10 Å². The van der Waals surface area contributed by atoms with Crippen molar-refractivity contribution < 1.29 is 29.0 Å². The van der Waals surface area contributed by atoms with Gasteiger partial charge in [0, 0.05) is 25.0 Å². The molecule has 0 spiro atoms. The molecule has 0 aromatic heterocycles. The summed E-state index contributed by atoms with van der Waals surface area (Å²) in [5.74, 6) is -1.19. The number of carbonyl (C=O) groups excluding carboxylic acids is 2. The van der Waals surface area contributed by atoms with Gasteiger partial charge in [-0.2, -0.15) is 0 Å². The SMILES string of the molecule is O=C(CC(NC(=O)OCC1c2ccccc2-c2ccccc21)C1CC1)N[C@H]1CCO[C@H]1C(=O)O. The first-order valence-electron chi connectivity index (χ1n) is 11.8. The lowest BCUT2D eigenvalue weighted by Crippen LogP contribution is -2.47. The zero-order valence-electron chi connectivity index (χ0n) is 18.7. The number of benzene rings is 2. The average Bonchev–Trinajstić information content (AvgIpc) is 3.49. The normalized spacial score (nSPS) is 21.9. The lowest BCUT2D eigenvalue weighted by atomic mass is 9.98. The number of ether oxygens (including phenoxy) is 2. The topological polar surface area (TPSA) is 114 Å². The molecule has 2 fully saturated rings. The molecule has 2 aromatic rings. The molecule has 2 aromatic carbocycles. The van der Waals surface area contributed by atoms with Gasteiger partial charge in [0.2, 0.25) is 5.91 Å². The summed E-state index contributed by atoms with van der Waals surface area (Å²) in [4.78, 5) is 36.5. The summed E-state index contributed by atoms with van der Waals surface area (Å²) in [6.07, 6.45) is 0.837. The predicted molar refractivity (Wildman–Crippen MR) is 123 cm³/mol. The van der Waals surface area contributed by atoms with Crippen LogP contribution in [0.5, 0.6) is 0 Å². The molecule has 178 valence electrons. The van der Waals surface area contributed by atoms with Crippen LogP contribution in [0.1, 0.15) is 42.7 Å². The number of hydrogen-bond donors (Lipinski definition) is 3. The second-order valence-electron chi connectivity index (χ2n) is 9.21. The van der Waals surface area contributed by atoms with Crippen LogP contribution in [0.3, 0.4) is 0 Å². The molecule has 3 N–H and O–H groups in total. The van der Waals surface area contributed by atoms with E-state index in [0.29, 0.717) is 13.0 Å². The molecule has 1 unspecified atom stereocenters. The molecule has 3 aliphatic rings. The van der Waals surface area contributed by atoms with E-state index in [0.717, 1.165) is 35.1 Å². The Balaban J connectivity index is 1.18. The number of nitrogens with one attached hydrogen (secondary N) is 2. The van der Waals surface area contributed by atoms with Gasteiger partial charge in [-0.25, -0.2) is 9.59 Å². The fourth-order valence-electron chi connectivity index (χ4n) is 5.07. The maximum atomic E-state index is 12.7. The third kappa shape index (κ3) is 4.63. The van der Waals surface area contributed by atoms with Gasteiger partial charge in [-0.1, -0.05) is 48.5 Å². The number of carboxylic acid groups (broad SMARTS) is 1. The lowest BCUT2D eigenvalue weighted by molar-refractivity contribution is -0.148. The van der Waals surface area contributed by atoms with E-state index in [1.807, 2.05) is 24.3 Å². The zero-order valence-corrected chi connectivity index (χ0v) is 18.7. The van der Waals surface area contributed by atoms with Gasteiger partial charge in [0.25, 0.3) is 0 Å². The standard InChI is InChI=1S/C26H28N2O6/c29-23(27-21-11-12-33-24(21)25(30)31)13-22(15-9-10-15)28-26(32)34-14-20-18-7-3-1-5-16(18)17-6-2-4-8-19(17)20/h1-8,15,20-22,24H,9-14H2,(H,27,29)(H,28,32)(H,30,31)/t21-,22?,24+/m0/s1. The van der Waals surface area contributed by atoms with Crippen molar-refractivity contribution in [2.75, 3.05) is 13.2 Å². The molecule has 5 rings (SSSR count). The zero-order chi connectivity index (χ0) is 23.7. The molecule has 1 saturated carbocycles. The van der Waals surface area contributed by atoms with E-state index >= 15 is 0 Å². The highest BCUT2D eigenvalue weighted by Gasteiger charge is 2.38. The molecule has 2 amide bonds. The minimum atomic E-state index is -1.08. The monoisotopic (exact) mass is 464 g/mol. The summed E-state index contributed by atoms with van der Waals surface area (Å²) in [7, 11) is 0. The number of fused-ring (bicyclic) bond motifs is 3. The number of amides is 2. The van der Waals surface area contributed by atoms with Crippen LogP contribution in [0, 0.1) is 5.92 Å². The van der Waals surface area contributed by atoms with E-state index in [4.69, 9.17) is 9.47 Å². The van der Waals surface area contributed by atoms with Crippen LogP contribution in [0.15, 0.2) is 48.5 Å². The fourth-order valence-corrected chi connectivity index (χ4v) is 5.07. The van der Waals surface area contributed by atoms with Gasteiger partial charge in [0.05, 0.1) is 6.04 Å². The van der Waals surface area contributed by atoms with Gasteiger partial charge in [-0.05, 0) is 47.4 Å². The largest absolute Gasteiger partial charge is 0.479 e. The third-order valence-electron chi connectivity index (χ3n) is 6.92. The maximum Gasteiger partial charge on any atom is 0.407 e. The Morgan fingerprint density at radius 1 is 1.00 bits per heavy atom. The molecule has 1 saturated heterocycles. The Morgan fingerprint density at radius 2 is 1.65 bits per heavy atom. The first-order chi connectivity index (χ1) is 16.5. The first-order valence-corrected chi connectivity index (χ1v) is 11.8. The summed E-state index contributed by atoms with van der Waals surface area (Å²) in [6, 6.07) is 15.4. The minimum absolute atomic E-state index is 0.0313. The molecule has 3 atom stereocenters. The highest BCUT2D eigenvalue weighted by molar-refractivity contribution is 5.81. The van der Waals surface area contributed by atoms with E-state index in [1.54, 1.807) is 0 Å². The summed E-state index contributed by atoms with van der Waals surface area (Å²) in [6.45, 7) is 0.509. The number of hydrogen-bond acceptors (Lipinski definition) is 5. The molecular formula is C26H28N2O6. The van der Waals surface area contributed by atoms with Gasteiger partial charge < -0.3 is 25.2 Å². The smallest absolute Gasteiger partial charge is 0.407 e. The molecule has 2 aliphatic carbocycles. The highest BCUT2D eigenvalue weighted by atomic mass is 16.5. The van der Waals surface area contributed by atoms with Gasteiger partial charge in [-0.15, -0.1) is 0 Å². The molecule has 0 radical (unpaired) electrons. The second kappa shape index (κ2) is 9.46. The van der Waals surface area contributed by atoms with Crippen molar-refractivity contribution in [3.63, 3.8) is 0 Å². The second-order valence-corrected chi connectivity index (χ2v) is 9.21. The number of alkyl carbamates (subject to hydrolysis) is 1. The van der Waals surface area contributed by atoms with Crippen molar-refractivity contribution in [1.82, 2.24) is 10.6 Å². The Hall–Kier alpha value is -3.39. The Morgan fingerprint density at radius 3 is 2.26 bits per heavy atom. The van der Waals surface area contributed by atoms with Crippen LogP contribution < -0.4 is 10.6 Å². The summed E-state index contributed by atoms with van der Waals surface area (Å²) in [5.41, 5.74) is 4.60. The van der Waals surface area contributed by atoms with E-state index in [2.05, 4.69) is 34.9 Å². The van der Waals surface area contributed by atoms with Crippen LogP contribution in [0.4, 0.5) is 4.79 Å². The van der Waals surface area contributed by atoms with Crippen molar-refractivity contribution in [2.45, 2.75) is 49.8 Å². The fraction of sp³-hybridized carbons (Fsp3) is 0.423. The molecule has 8 heteroatoms. The van der Waals surface area contributed by atoms with Crippen molar-refractivity contribution in [3.8, 4) is 11.1 Å². The van der Waals surface area contributed by atoms with Crippen molar-refractivity contribution >= 4 is 18.0 Å². The Kier molecular flexibility index (Phi) is 6.24. The molecule has 1 heterocycles. The Labute approximate surface area is 197 Å². The first kappa shape index (κ1) is 22.4. The van der Waals surface area contributed by atoms with Crippen LogP contribution in [-0.2, 0) is 19.1 Å². The molecule has 1 aliphatic heterocycles. The van der Waals surface area contributed by atoms with Crippen LogP contribution in [0.2, 0.25) is 0 Å². The van der Waals surface area contributed by atoms with Gasteiger partial charge in [-0.3, -0.25) is 4.79 Å². The summed E-state index contributed by atoms with van der Waals surface area (Å²) < 4.78 is 10.8. The number of carbonyl (C=O) groups is 3.